The lowest BCUT2D eigenvalue weighted by atomic mass is 10.1. The molecule has 1 aromatic carbocycles. The summed E-state index contributed by atoms with van der Waals surface area (Å²) < 4.78 is 24.5. The van der Waals surface area contributed by atoms with Gasteiger partial charge in [0.2, 0.25) is 0 Å². The van der Waals surface area contributed by atoms with E-state index in [0.29, 0.717) is 11.8 Å². The van der Waals surface area contributed by atoms with Crippen molar-refractivity contribution in [2.24, 2.45) is 0 Å². The maximum absolute atomic E-state index is 12.8. The second-order valence-electron chi connectivity index (χ2n) is 5.85. The molecule has 0 saturated heterocycles. The van der Waals surface area contributed by atoms with Gasteiger partial charge in [0.1, 0.15) is 5.82 Å². The standard InChI is InChI=1S/C15H24FNOS/c1-12(11-13-5-7-14(16)8-6-13)17-9-10-19(18)15(2,3)4/h5-8,12,17H,9-11H2,1-4H3/t12-,19-/m0/s1. The summed E-state index contributed by atoms with van der Waals surface area (Å²) in [7, 11) is -0.815. The molecule has 0 aliphatic rings. The summed E-state index contributed by atoms with van der Waals surface area (Å²) in [4.78, 5) is 0. The number of rotatable bonds is 6. The van der Waals surface area contributed by atoms with Crippen LogP contribution in [0.4, 0.5) is 4.39 Å². The number of benzene rings is 1. The summed E-state index contributed by atoms with van der Waals surface area (Å²) in [5.74, 6) is 0.460. The zero-order chi connectivity index (χ0) is 14.5. The molecule has 2 nitrogen and oxygen atoms in total. The van der Waals surface area contributed by atoms with E-state index in [1.54, 1.807) is 12.1 Å². The Balaban J connectivity index is 2.30. The Bertz CT molecular complexity index is 411. The Kier molecular flexibility index (Phi) is 6.14. The van der Waals surface area contributed by atoms with Gasteiger partial charge in [-0.05, 0) is 51.8 Å². The average Bonchev–Trinajstić information content (AvgIpc) is 2.31. The van der Waals surface area contributed by atoms with Crippen LogP contribution in [0.25, 0.3) is 0 Å². The van der Waals surface area contributed by atoms with Crippen molar-refractivity contribution in [2.75, 3.05) is 12.3 Å². The Morgan fingerprint density at radius 3 is 2.37 bits per heavy atom. The normalized spacial score (nSPS) is 15.2. The molecule has 19 heavy (non-hydrogen) atoms. The van der Waals surface area contributed by atoms with Gasteiger partial charge in [-0.15, -0.1) is 0 Å². The predicted molar refractivity (Wildman–Crippen MR) is 80.3 cm³/mol. The molecule has 0 heterocycles. The molecular weight excluding hydrogens is 261 g/mol. The van der Waals surface area contributed by atoms with Crippen LogP contribution in [-0.4, -0.2) is 27.3 Å². The molecular formula is C15H24FNOS. The summed E-state index contributed by atoms with van der Waals surface area (Å²) >= 11 is 0. The van der Waals surface area contributed by atoms with E-state index in [9.17, 15) is 8.60 Å². The molecule has 1 rings (SSSR count). The highest BCUT2D eigenvalue weighted by atomic mass is 32.2. The maximum Gasteiger partial charge on any atom is 0.123 e. The minimum Gasteiger partial charge on any atom is -0.313 e. The minimum absolute atomic E-state index is 0.151. The van der Waals surface area contributed by atoms with Crippen LogP contribution in [0.15, 0.2) is 24.3 Å². The number of halogens is 1. The highest BCUT2D eigenvalue weighted by molar-refractivity contribution is 7.86. The molecule has 2 atom stereocenters. The van der Waals surface area contributed by atoms with Crippen LogP contribution in [0.1, 0.15) is 33.3 Å². The Morgan fingerprint density at radius 1 is 1.26 bits per heavy atom. The fourth-order valence-electron chi connectivity index (χ4n) is 1.75. The summed E-state index contributed by atoms with van der Waals surface area (Å²) in [5, 5.41) is 3.36. The van der Waals surface area contributed by atoms with Crippen molar-refractivity contribution in [3.63, 3.8) is 0 Å². The van der Waals surface area contributed by atoms with Crippen molar-refractivity contribution in [1.29, 1.82) is 0 Å². The Morgan fingerprint density at radius 2 is 1.84 bits per heavy atom. The summed E-state index contributed by atoms with van der Waals surface area (Å²) in [6.07, 6.45) is 0.850. The van der Waals surface area contributed by atoms with Crippen LogP contribution in [-0.2, 0) is 17.2 Å². The third-order valence-corrected chi connectivity index (χ3v) is 4.86. The second-order valence-corrected chi connectivity index (χ2v) is 8.17. The zero-order valence-corrected chi connectivity index (χ0v) is 13.0. The molecule has 0 aromatic heterocycles. The summed E-state index contributed by atoms with van der Waals surface area (Å²) in [6.45, 7) is 8.80. The van der Waals surface area contributed by atoms with E-state index in [1.165, 1.54) is 12.1 Å². The van der Waals surface area contributed by atoms with Gasteiger partial charge in [0.15, 0.2) is 0 Å². The van der Waals surface area contributed by atoms with Gasteiger partial charge >= 0.3 is 0 Å². The van der Waals surface area contributed by atoms with Crippen LogP contribution in [0, 0.1) is 5.82 Å². The first-order chi connectivity index (χ1) is 8.79. The monoisotopic (exact) mass is 285 g/mol. The lowest BCUT2D eigenvalue weighted by Crippen LogP contribution is -2.34. The average molecular weight is 285 g/mol. The van der Waals surface area contributed by atoms with E-state index in [1.807, 2.05) is 20.8 Å². The van der Waals surface area contributed by atoms with Gasteiger partial charge in [0.25, 0.3) is 0 Å². The highest BCUT2D eigenvalue weighted by Crippen LogP contribution is 2.10. The molecule has 0 unspecified atom stereocenters. The molecule has 1 aromatic rings. The number of hydrogen-bond donors (Lipinski definition) is 1. The molecule has 0 aliphatic carbocycles. The summed E-state index contributed by atoms with van der Waals surface area (Å²) in [6, 6.07) is 6.87. The largest absolute Gasteiger partial charge is 0.313 e. The van der Waals surface area contributed by atoms with Crippen molar-refractivity contribution in [2.45, 2.75) is 44.9 Å². The van der Waals surface area contributed by atoms with Gasteiger partial charge < -0.3 is 5.32 Å². The van der Waals surface area contributed by atoms with E-state index < -0.39 is 10.8 Å². The van der Waals surface area contributed by atoms with Gasteiger partial charge in [0, 0.05) is 33.9 Å². The van der Waals surface area contributed by atoms with Gasteiger partial charge in [0.05, 0.1) is 0 Å². The van der Waals surface area contributed by atoms with E-state index in [4.69, 9.17) is 0 Å². The third kappa shape index (κ3) is 6.30. The number of hydrogen-bond acceptors (Lipinski definition) is 2. The van der Waals surface area contributed by atoms with E-state index in [0.717, 1.165) is 18.5 Å². The molecule has 108 valence electrons. The molecule has 0 fully saturated rings. The molecule has 0 aliphatic heterocycles. The minimum atomic E-state index is -0.815. The molecule has 0 radical (unpaired) electrons. The molecule has 0 spiro atoms. The maximum atomic E-state index is 12.8. The van der Waals surface area contributed by atoms with Crippen molar-refractivity contribution in [3.05, 3.63) is 35.6 Å². The van der Waals surface area contributed by atoms with E-state index >= 15 is 0 Å². The third-order valence-electron chi connectivity index (χ3n) is 2.92. The van der Waals surface area contributed by atoms with Crippen LogP contribution in [0.2, 0.25) is 0 Å². The first-order valence-electron chi connectivity index (χ1n) is 6.65. The topological polar surface area (TPSA) is 29.1 Å². The van der Waals surface area contributed by atoms with Crippen LogP contribution >= 0.6 is 0 Å². The second kappa shape index (κ2) is 7.15. The van der Waals surface area contributed by atoms with Gasteiger partial charge in [-0.3, -0.25) is 4.21 Å². The van der Waals surface area contributed by atoms with E-state index in [-0.39, 0.29) is 10.6 Å². The molecule has 0 saturated carbocycles. The van der Waals surface area contributed by atoms with Gasteiger partial charge in [-0.25, -0.2) is 4.39 Å². The lowest BCUT2D eigenvalue weighted by molar-refractivity contribution is 0.561. The van der Waals surface area contributed by atoms with Crippen molar-refractivity contribution < 1.29 is 8.60 Å². The van der Waals surface area contributed by atoms with Crippen molar-refractivity contribution >= 4 is 10.8 Å². The quantitative estimate of drug-likeness (QED) is 0.871. The predicted octanol–water partition coefficient (Wildman–Crippen LogP) is 2.89. The fourth-order valence-corrected chi connectivity index (χ4v) is 2.67. The molecule has 1 N–H and O–H groups in total. The summed E-state index contributed by atoms with van der Waals surface area (Å²) in [5.41, 5.74) is 1.11. The molecule has 0 amide bonds. The number of nitrogens with one attached hydrogen (secondary N) is 1. The van der Waals surface area contributed by atoms with Crippen LogP contribution < -0.4 is 5.32 Å². The Labute approximate surface area is 118 Å². The van der Waals surface area contributed by atoms with Crippen LogP contribution in [0.3, 0.4) is 0 Å². The van der Waals surface area contributed by atoms with Crippen LogP contribution in [0.5, 0.6) is 0 Å². The first kappa shape index (κ1) is 16.3. The Hall–Kier alpha value is -0.740. The van der Waals surface area contributed by atoms with Crippen molar-refractivity contribution in [3.8, 4) is 0 Å². The highest BCUT2D eigenvalue weighted by Gasteiger charge is 2.18. The fraction of sp³-hybridized carbons (Fsp3) is 0.600. The first-order valence-corrected chi connectivity index (χ1v) is 7.97. The van der Waals surface area contributed by atoms with Gasteiger partial charge in [-0.2, -0.15) is 0 Å². The zero-order valence-electron chi connectivity index (χ0n) is 12.2. The smallest absolute Gasteiger partial charge is 0.123 e. The molecule has 0 bridgehead atoms. The van der Waals surface area contributed by atoms with Gasteiger partial charge in [-0.1, -0.05) is 12.1 Å². The SMILES string of the molecule is C[C@@H](Cc1ccc(F)cc1)NCC[S@](=O)C(C)(C)C. The lowest BCUT2D eigenvalue weighted by Gasteiger charge is -2.19. The van der Waals surface area contributed by atoms with E-state index in [2.05, 4.69) is 12.2 Å². The molecule has 4 heteroatoms. The van der Waals surface area contributed by atoms with Crippen molar-refractivity contribution in [1.82, 2.24) is 5.32 Å².